The molecule has 0 bridgehead atoms. The van der Waals surface area contributed by atoms with Gasteiger partial charge in [-0.3, -0.25) is 5.32 Å². The third-order valence-corrected chi connectivity index (χ3v) is 4.70. The van der Waals surface area contributed by atoms with Crippen molar-refractivity contribution >= 4 is 40.1 Å². The van der Waals surface area contributed by atoms with E-state index in [0.717, 1.165) is 16.9 Å². The number of anilines is 1. The molecule has 1 amide bonds. The molecule has 0 aliphatic heterocycles. The lowest BCUT2D eigenvalue weighted by atomic mass is 10.1. The number of halogens is 1. The number of rotatable bonds is 5. The fourth-order valence-corrected chi connectivity index (χ4v) is 3.46. The Morgan fingerprint density at radius 3 is 2.50 bits per heavy atom. The number of carbonyl (C=O) groups is 2. The van der Waals surface area contributed by atoms with Crippen LogP contribution in [0.1, 0.15) is 16.1 Å². The molecule has 3 rings (SSSR count). The Hall–Kier alpha value is -2.90. The van der Waals surface area contributed by atoms with Gasteiger partial charge in [0.2, 0.25) is 0 Å². The number of carboxylic acid groups (broad SMARTS) is 1. The standard InChI is InChI=1S/C18H13ClN2O4S/c19-13-9-5-4-8-12(13)15-14(16(22)23)20-17(26-15)21-18(24)25-10-11-6-2-1-3-7-11/h1-9H,10H2,(H,22,23)(H,20,21,24). The first-order valence-corrected chi connectivity index (χ1v) is 8.71. The summed E-state index contributed by atoms with van der Waals surface area (Å²) in [7, 11) is 0. The second kappa shape index (κ2) is 7.99. The molecule has 0 aliphatic rings. The Labute approximate surface area is 158 Å². The van der Waals surface area contributed by atoms with Crippen LogP contribution in [0.4, 0.5) is 9.93 Å². The summed E-state index contributed by atoms with van der Waals surface area (Å²) in [4.78, 5) is 27.7. The summed E-state index contributed by atoms with van der Waals surface area (Å²) in [6, 6.07) is 16.0. The number of benzene rings is 2. The summed E-state index contributed by atoms with van der Waals surface area (Å²) in [5.41, 5.74) is 1.20. The summed E-state index contributed by atoms with van der Waals surface area (Å²) in [6.45, 7) is 0.0984. The van der Waals surface area contributed by atoms with E-state index in [1.807, 2.05) is 30.3 Å². The average molecular weight is 389 g/mol. The minimum Gasteiger partial charge on any atom is -0.476 e. The number of carboxylic acids is 1. The molecule has 0 aliphatic carbocycles. The van der Waals surface area contributed by atoms with Gasteiger partial charge >= 0.3 is 12.1 Å². The van der Waals surface area contributed by atoms with Crippen LogP contribution in [0.2, 0.25) is 5.02 Å². The smallest absolute Gasteiger partial charge is 0.413 e. The number of thiazole rings is 1. The lowest BCUT2D eigenvalue weighted by Crippen LogP contribution is -2.13. The summed E-state index contributed by atoms with van der Waals surface area (Å²) < 4.78 is 5.11. The number of nitrogens with zero attached hydrogens (tertiary/aromatic N) is 1. The van der Waals surface area contributed by atoms with Gasteiger partial charge in [-0.2, -0.15) is 0 Å². The monoisotopic (exact) mass is 388 g/mol. The number of hydrogen-bond donors (Lipinski definition) is 2. The predicted molar refractivity (Wildman–Crippen MR) is 99.8 cm³/mol. The molecule has 0 saturated carbocycles. The van der Waals surface area contributed by atoms with E-state index in [1.54, 1.807) is 24.3 Å². The first kappa shape index (κ1) is 17.9. The Morgan fingerprint density at radius 2 is 1.81 bits per heavy atom. The van der Waals surface area contributed by atoms with E-state index < -0.39 is 12.1 Å². The largest absolute Gasteiger partial charge is 0.476 e. The van der Waals surface area contributed by atoms with Gasteiger partial charge in [-0.15, -0.1) is 0 Å². The maximum Gasteiger partial charge on any atom is 0.413 e. The van der Waals surface area contributed by atoms with Crippen molar-refractivity contribution in [3.05, 3.63) is 70.9 Å². The molecule has 26 heavy (non-hydrogen) atoms. The summed E-state index contributed by atoms with van der Waals surface area (Å²) in [5, 5.41) is 12.4. The first-order valence-electron chi connectivity index (χ1n) is 7.51. The molecule has 1 heterocycles. The highest BCUT2D eigenvalue weighted by molar-refractivity contribution is 7.19. The van der Waals surface area contributed by atoms with E-state index in [4.69, 9.17) is 16.3 Å². The minimum atomic E-state index is -1.21. The highest BCUT2D eigenvalue weighted by Crippen LogP contribution is 2.37. The van der Waals surface area contributed by atoms with Crippen LogP contribution in [0.25, 0.3) is 10.4 Å². The van der Waals surface area contributed by atoms with Gasteiger partial charge in [0, 0.05) is 10.6 Å². The normalized spacial score (nSPS) is 10.3. The number of ether oxygens (including phenoxy) is 1. The molecule has 8 heteroatoms. The van der Waals surface area contributed by atoms with Gasteiger partial charge < -0.3 is 9.84 Å². The van der Waals surface area contributed by atoms with E-state index in [2.05, 4.69) is 10.3 Å². The highest BCUT2D eigenvalue weighted by Gasteiger charge is 2.21. The van der Waals surface area contributed by atoms with Gasteiger partial charge in [0.05, 0.1) is 4.88 Å². The van der Waals surface area contributed by atoms with Crippen molar-refractivity contribution in [3.63, 3.8) is 0 Å². The van der Waals surface area contributed by atoms with E-state index in [0.29, 0.717) is 15.5 Å². The van der Waals surface area contributed by atoms with Crippen LogP contribution in [-0.4, -0.2) is 22.2 Å². The van der Waals surface area contributed by atoms with Gasteiger partial charge in [-0.05, 0) is 11.6 Å². The maximum atomic E-state index is 11.9. The fraction of sp³-hybridized carbons (Fsp3) is 0.0556. The van der Waals surface area contributed by atoms with Crippen molar-refractivity contribution in [2.75, 3.05) is 5.32 Å². The zero-order valence-corrected chi connectivity index (χ0v) is 14.9. The number of aromatic carboxylic acids is 1. The molecule has 0 fully saturated rings. The molecule has 0 radical (unpaired) electrons. The van der Waals surface area contributed by atoms with Crippen LogP contribution >= 0.6 is 22.9 Å². The lowest BCUT2D eigenvalue weighted by Gasteiger charge is -2.04. The van der Waals surface area contributed by atoms with Gasteiger partial charge in [0.1, 0.15) is 6.61 Å². The highest BCUT2D eigenvalue weighted by atomic mass is 35.5. The van der Waals surface area contributed by atoms with E-state index >= 15 is 0 Å². The molecule has 6 nitrogen and oxygen atoms in total. The molecule has 132 valence electrons. The summed E-state index contributed by atoms with van der Waals surface area (Å²) in [6.07, 6.45) is -0.717. The Morgan fingerprint density at radius 1 is 1.12 bits per heavy atom. The van der Waals surface area contributed by atoms with Crippen molar-refractivity contribution in [1.29, 1.82) is 0 Å². The number of hydrogen-bond acceptors (Lipinski definition) is 5. The molecular weight excluding hydrogens is 376 g/mol. The molecule has 0 unspecified atom stereocenters. The van der Waals surface area contributed by atoms with Gasteiger partial charge in [0.15, 0.2) is 10.8 Å². The third-order valence-electron chi connectivity index (χ3n) is 3.37. The molecule has 0 atom stereocenters. The third kappa shape index (κ3) is 4.19. The number of amides is 1. The SMILES string of the molecule is O=C(Nc1nc(C(=O)O)c(-c2ccccc2Cl)s1)OCc1ccccc1. The zero-order valence-electron chi connectivity index (χ0n) is 13.3. The lowest BCUT2D eigenvalue weighted by molar-refractivity contribution is 0.0692. The van der Waals surface area contributed by atoms with E-state index in [9.17, 15) is 14.7 Å². The topological polar surface area (TPSA) is 88.5 Å². The minimum absolute atomic E-state index is 0.0984. The Kier molecular flexibility index (Phi) is 5.50. The van der Waals surface area contributed by atoms with Crippen molar-refractivity contribution in [3.8, 4) is 10.4 Å². The second-order valence-corrected chi connectivity index (χ2v) is 6.57. The molecular formula is C18H13ClN2O4S. The van der Waals surface area contributed by atoms with Gasteiger partial charge in [-0.25, -0.2) is 14.6 Å². The molecule has 2 aromatic carbocycles. The second-order valence-electron chi connectivity index (χ2n) is 5.17. The van der Waals surface area contributed by atoms with Crippen LogP contribution in [0, 0.1) is 0 Å². The average Bonchev–Trinajstić information content (AvgIpc) is 3.05. The van der Waals surface area contributed by atoms with E-state index in [1.165, 1.54) is 0 Å². The number of nitrogens with one attached hydrogen (secondary N) is 1. The van der Waals surface area contributed by atoms with Crippen molar-refractivity contribution in [2.45, 2.75) is 6.61 Å². The number of carbonyl (C=O) groups excluding carboxylic acids is 1. The molecule has 2 N–H and O–H groups in total. The van der Waals surface area contributed by atoms with E-state index in [-0.39, 0.29) is 17.4 Å². The quantitative estimate of drug-likeness (QED) is 0.648. The molecule has 0 saturated heterocycles. The summed E-state index contributed by atoms with van der Waals surface area (Å²) >= 11 is 7.16. The van der Waals surface area contributed by atoms with Crippen molar-refractivity contribution in [2.24, 2.45) is 0 Å². The van der Waals surface area contributed by atoms with Crippen LogP contribution in [0.3, 0.4) is 0 Å². The van der Waals surface area contributed by atoms with Gasteiger partial charge in [-0.1, -0.05) is 71.5 Å². The van der Waals surface area contributed by atoms with Crippen LogP contribution in [0.5, 0.6) is 0 Å². The number of aromatic nitrogens is 1. The Balaban J connectivity index is 1.76. The first-order chi connectivity index (χ1) is 12.5. The molecule has 0 spiro atoms. The predicted octanol–water partition coefficient (Wildman–Crippen LogP) is 4.91. The van der Waals surface area contributed by atoms with Gasteiger partial charge in [0.25, 0.3) is 0 Å². The zero-order chi connectivity index (χ0) is 18.5. The molecule has 3 aromatic rings. The summed E-state index contributed by atoms with van der Waals surface area (Å²) in [5.74, 6) is -1.21. The maximum absolute atomic E-state index is 11.9. The molecule has 1 aromatic heterocycles. The van der Waals surface area contributed by atoms with Crippen molar-refractivity contribution in [1.82, 2.24) is 4.98 Å². The fourth-order valence-electron chi connectivity index (χ4n) is 2.19. The van der Waals surface area contributed by atoms with Crippen LogP contribution in [-0.2, 0) is 11.3 Å². The van der Waals surface area contributed by atoms with Crippen LogP contribution < -0.4 is 5.32 Å². The Bertz CT molecular complexity index is 943. The van der Waals surface area contributed by atoms with Crippen LogP contribution in [0.15, 0.2) is 54.6 Å². The van der Waals surface area contributed by atoms with Crippen molar-refractivity contribution < 1.29 is 19.4 Å².